The predicted molar refractivity (Wildman–Crippen MR) is 61.1 cm³/mol. The van der Waals surface area contributed by atoms with Gasteiger partial charge in [-0.05, 0) is 6.42 Å². The van der Waals surface area contributed by atoms with Crippen LogP contribution in [0.2, 0.25) is 0 Å². The Morgan fingerprint density at radius 1 is 1.47 bits per heavy atom. The molecule has 0 aromatic carbocycles. The minimum atomic E-state index is -0.995. The van der Waals surface area contributed by atoms with Crippen molar-refractivity contribution in [2.24, 2.45) is 0 Å². The summed E-state index contributed by atoms with van der Waals surface area (Å²) in [5.74, 6) is -1.54. The molecule has 0 bridgehead atoms. The molecule has 0 atom stereocenters. The molecule has 0 N–H and O–H groups in total. The van der Waals surface area contributed by atoms with E-state index in [0.29, 0.717) is 11.2 Å². The molecule has 2 aromatic heterocycles. The molecule has 0 spiro atoms. The van der Waals surface area contributed by atoms with Crippen LogP contribution in [0.4, 0.5) is 0 Å². The molecule has 90 valence electrons. The summed E-state index contributed by atoms with van der Waals surface area (Å²) >= 11 is 1.22. The van der Waals surface area contributed by atoms with Crippen molar-refractivity contribution in [3.8, 4) is 0 Å². The highest BCUT2D eigenvalue weighted by molar-refractivity contribution is 7.09. The SMILES string of the molecule is CCCC(=O)On1c(=O)oc(=O)c2cscc21. The Hall–Kier alpha value is -1.89. The van der Waals surface area contributed by atoms with Gasteiger partial charge in [0.05, 0.1) is 5.39 Å². The first-order valence-electron chi connectivity index (χ1n) is 4.96. The van der Waals surface area contributed by atoms with Gasteiger partial charge in [-0.2, -0.15) is 0 Å². The van der Waals surface area contributed by atoms with Crippen molar-refractivity contribution >= 4 is 28.2 Å². The van der Waals surface area contributed by atoms with Crippen LogP contribution in [-0.4, -0.2) is 10.7 Å². The third-order valence-corrected chi connectivity index (χ3v) is 2.80. The highest BCUT2D eigenvalue weighted by Crippen LogP contribution is 2.12. The topological polar surface area (TPSA) is 78.5 Å². The van der Waals surface area contributed by atoms with Crippen molar-refractivity contribution in [3.05, 3.63) is 31.7 Å². The van der Waals surface area contributed by atoms with Crippen molar-refractivity contribution in [1.82, 2.24) is 4.73 Å². The average molecular weight is 255 g/mol. The maximum absolute atomic E-state index is 11.4. The number of carbonyl (C=O) groups is 1. The quantitative estimate of drug-likeness (QED) is 0.809. The zero-order chi connectivity index (χ0) is 12.4. The van der Waals surface area contributed by atoms with Gasteiger partial charge in [0, 0.05) is 17.2 Å². The molecule has 0 aliphatic carbocycles. The Kier molecular flexibility index (Phi) is 3.10. The van der Waals surface area contributed by atoms with Crippen LogP contribution < -0.4 is 16.2 Å². The van der Waals surface area contributed by atoms with E-state index in [1.165, 1.54) is 16.7 Å². The molecule has 7 heteroatoms. The zero-order valence-electron chi connectivity index (χ0n) is 8.97. The number of aromatic nitrogens is 1. The van der Waals surface area contributed by atoms with Crippen molar-refractivity contribution in [3.63, 3.8) is 0 Å². The molecular formula is C10H9NO5S. The molecule has 0 radical (unpaired) electrons. The maximum Gasteiger partial charge on any atom is 0.456 e. The normalized spacial score (nSPS) is 10.6. The highest BCUT2D eigenvalue weighted by Gasteiger charge is 2.13. The summed E-state index contributed by atoms with van der Waals surface area (Å²) < 4.78 is 5.15. The van der Waals surface area contributed by atoms with Crippen LogP contribution in [0, 0.1) is 0 Å². The smallest absolute Gasteiger partial charge is 0.370 e. The number of nitrogens with zero attached hydrogens (tertiary/aromatic N) is 1. The second-order valence-electron chi connectivity index (χ2n) is 3.33. The van der Waals surface area contributed by atoms with Crippen LogP contribution in [-0.2, 0) is 4.79 Å². The molecule has 17 heavy (non-hydrogen) atoms. The summed E-state index contributed by atoms with van der Waals surface area (Å²) in [5, 5.41) is 3.30. The van der Waals surface area contributed by atoms with E-state index in [-0.39, 0.29) is 17.3 Å². The van der Waals surface area contributed by atoms with Crippen molar-refractivity contribution < 1.29 is 14.0 Å². The Balaban J connectivity index is 2.53. The van der Waals surface area contributed by atoms with E-state index in [1.54, 1.807) is 5.38 Å². The monoisotopic (exact) mass is 255 g/mol. The van der Waals surface area contributed by atoms with Gasteiger partial charge in [0.15, 0.2) is 0 Å². The van der Waals surface area contributed by atoms with E-state index >= 15 is 0 Å². The second kappa shape index (κ2) is 4.54. The van der Waals surface area contributed by atoms with Crippen molar-refractivity contribution in [2.45, 2.75) is 19.8 Å². The first kappa shape index (κ1) is 11.6. The van der Waals surface area contributed by atoms with Crippen molar-refractivity contribution in [1.29, 1.82) is 0 Å². The third kappa shape index (κ3) is 2.14. The van der Waals surface area contributed by atoms with Gasteiger partial charge >= 0.3 is 17.4 Å². The molecule has 2 heterocycles. The predicted octanol–water partition coefficient (Wildman–Crippen LogP) is 0.771. The van der Waals surface area contributed by atoms with Gasteiger partial charge < -0.3 is 9.25 Å². The summed E-state index contributed by atoms with van der Waals surface area (Å²) in [4.78, 5) is 38.9. The van der Waals surface area contributed by atoms with E-state index in [4.69, 9.17) is 4.84 Å². The second-order valence-corrected chi connectivity index (χ2v) is 4.08. The van der Waals surface area contributed by atoms with Gasteiger partial charge in [0.25, 0.3) is 0 Å². The molecule has 0 amide bonds. The first-order chi connectivity index (χ1) is 8.13. The minimum absolute atomic E-state index is 0.192. The summed E-state index contributed by atoms with van der Waals surface area (Å²) in [5.41, 5.74) is -0.477. The standard InChI is InChI=1S/C10H9NO5S/c1-2-3-8(12)16-11-7-5-17-4-6(7)9(13)15-10(11)14/h4-5H,2-3H2,1H3. The average Bonchev–Trinajstić information content (AvgIpc) is 2.73. The molecular weight excluding hydrogens is 246 g/mol. The Labute approximate surface area is 99.0 Å². The van der Waals surface area contributed by atoms with E-state index in [2.05, 4.69) is 4.42 Å². The number of hydrogen-bond acceptors (Lipinski definition) is 6. The summed E-state index contributed by atoms with van der Waals surface area (Å²) in [6.45, 7) is 1.81. The Bertz CT molecular complexity index is 665. The molecule has 0 saturated carbocycles. The number of thiophene rings is 1. The van der Waals surface area contributed by atoms with E-state index < -0.39 is 17.4 Å². The molecule has 2 rings (SSSR count). The van der Waals surface area contributed by atoms with Crippen LogP contribution in [0.5, 0.6) is 0 Å². The third-order valence-electron chi connectivity index (χ3n) is 2.07. The number of rotatable bonds is 3. The Morgan fingerprint density at radius 3 is 2.94 bits per heavy atom. The Morgan fingerprint density at radius 2 is 2.24 bits per heavy atom. The minimum Gasteiger partial charge on any atom is -0.370 e. The molecule has 0 aliphatic rings. The summed E-state index contributed by atoms with van der Waals surface area (Å²) in [7, 11) is 0. The van der Waals surface area contributed by atoms with E-state index in [9.17, 15) is 14.4 Å². The molecule has 0 fully saturated rings. The van der Waals surface area contributed by atoms with Gasteiger partial charge in [-0.3, -0.25) is 0 Å². The van der Waals surface area contributed by atoms with Crippen LogP contribution in [0.15, 0.2) is 24.8 Å². The zero-order valence-corrected chi connectivity index (χ0v) is 9.78. The van der Waals surface area contributed by atoms with Gasteiger partial charge in [0.2, 0.25) is 0 Å². The summed E-state index contributed by atoms with van der Waals surface area (Å²) in [6, 6.07) is 0. The van der Waals surface area contributed by atoms with Gasteiger partial charge in [-0.25, -0.2) is 14.4 Å². The van der Waals surface area contributed by atoms with Gasteiger partial charge in [-0.15, -0.1) is 16.1 Å². The lowest BCUT2D eigenvalue weighted by atomic mass is 10.3. The van der Waals surface area contributed by atoms with E-state index in [0.717, 1.165) is 0 Å². The number of carbonyl (C=O) groups excluding carboxylic acids is 1. The lowest BCUT2D eigenvalue weighted by molar-refractivity contribution is -0.144. The largest absolute Gasteiger partial charge is 0.456 e. The van der Waals surface area contributed by atoms with Crippen LogP contribution >= 0.6 is 11.3 Å². The van der Waals surface area contributed by atoms with Gasteiger partial charge in [0.1, 0.15) is 5.52 Å². The lowest BCUT2D eigenvalue weighted by Gasteiger charge is -2.04. The van der Waals surface area contributed by atoms with Crippen LogP contribution in [0.25, 0.3) is 10.9 Å². The van der Waals surface area contributed by atoms with E-state index in [1.807, 2.05) is 6.92 Å². The molecule has 0 aliphatic heterocycles. The first-order valence-corrected chi connectivity index (χ1v) is 5.91. The summed E-state index contributed by atoms with van der Waals surface area (Å²) in [6.07, 6.45) is 0.800. The molecule has 0 unspecified atom stereocenters. The lowest BCUT2D eigenvalue weighted by Crippen LogP contribution is -2.32. The molecule has 0 saturated heterocycles. The fourth-order valence-corrected chi connectivity index (χ4v) is 2.09. The molecule has 6 nitrogen and oxygen atoms in total. The fraction of sp³-hybridized carbons (Fsp3) is 0.300. The van der Waals surface area contributed by atoms with Gasteiger partial charge in [-0.1, -0.05) is 6.92 Å². The number of fused-ring (bicyclic) bond motifs is 1. The van der Waals surface area contributed by atoms with Crippen LogP contribution in [0.1, 0.15) is 19.8 Å². The maximum atomic E-state index is 11.4. The van der Waals surface area contributed by atoms with Crippen LogP contribution in [0.3, 0.4) is 0 Å². The fourth-order valence-electron chi connectivity index (χ4n) is 1.31. The van der Waals surface area contributed by atoms with Crippen molar-refractivity contribution in [2.75, 3.05) is 0 Å². The highest BCUT2D eigenvalue weighted by atomic mass is 32.1. The number of hydrogen-bond donors (Lipinski definition) is 0. The molecule has 2 aromatic rings.